The van der Waals surface area contributed by atoms with Gasteiger partial charge in [-0.25, -0.2) is 0 Å². The Morgan fingerprint density at radius 1 is 1.12 bits per heavy atom. The molecule has 0 aliphatic heterocycles. The maximum absolute atomic E-state index is 5.94. The van der Waals surface area contributed by atoms with Crippen molar-refractivity contribution in [3.05, 3.63) is 0 Å². The van der Waals surface area contributed by atoms with Crippen LogP contribution in [0.3, 0.4) is 0 Å². The van der Waals surface area contributed by atoms with Crippen LogP contribution < -0.4 is 0 Å². The van der Waals surface area contributed by atoms with Gasteiger partial charge in [-0.1, -0.05) is 0 Å². The summed E-state index contributed by atoms with van der Waals surface area (Å²) in [6.07, 6.45) is 0.887. The van der Waals surface area contributed by atoms with Gasteiger partial charge in [0.1, 0.15) is 0 Å². The molecule has 0 saturated heterocycles. The molecule has 0 aromatic rings. The molecule has 1 nitrogen and oxygen atoms in total. The summed E-state index contributed by atoms with van der Waals surface area (Å²) in [6, 6.07) is 0. The van der Waals surface area contributed by atoms with Crippen LogP contribution in [-0.4, -0.2) is 45.9 Å². The van der Waals surface area contributed by atoms with Crippen molar-refractivity contribution in [2.24, 2.45) is 0 Å². The molecule has 0 unspecified atom stereocenters. The molecule has 0 saturated carbocycles. The predicted molar refractivity (Wildman–Crippen MR) is 67.1 cm³/mol. The van der Waals surface area contributed by atoms with Crippen molar-refractivity contribution in [2.75, 3.05) is 6.61 Å². The molecule has 0 spiro atoms. The molecule has 6 radical (unpaired) electrons. The van der Waals surface area contributed by atoms with Gasteiger partial charge in [-0.05, 0) is 0 Å². The van der Waals surface area contributed by atoms with Gasteiger partial charge in [-0.2, -0.15) is 0 Å². The normalized spacial score (nSPS) is 9.29. The van der Waals surface area contributed by atoms with Gasteiger partial charge in [0.25, 0.3) is 0 Å². The first-order valence-electron chi connectivity index (χ1n) is 4.60. The van der Waals surface area contributed by atoms with Crippen LogP contribution in [0.4, 0.5) is 0 Å². The van der Waals surface area contributed by atoms with E-state index in [0.717, 1.165) is 13.0 Å². The zero-order chi connectivity index (χ0) is 10.5. The summed E-state index contributed by atoms with van der Waals surface area (Å²) in [5, 5.41) is 0.318. The Balaban J connectivity index is -0.000000120. The predicted octanol–water partition coefficient (Wildman–Crippen LogP) is 2.15. The Bertz CT molecular complexity index is 224. The second-order valence-electron chi connectivity index (χ2n) is 4.66. The summed E-state index contributed by atoms with van der Waals surface area (Å²) in [6.45, 7) is 12.1. The molecule has 0 rings (SSSR count). The molecule has 0 aliphatic carbocycles. The van der Waals surface area contributed by atoms with Gasteiger partial charge in [-0.3, -0.25) is 0 Å². The van der Waals surface area contributed by atoms with Crippen molar-refractivity contribution in [1.82, 2.24) is 0 Å². The summed E-state index contributed by atoms with van der Waals surface area (Å²) in [5.41, 5.74) is 0. The SMILES string of the molecule is CC(C)(C)[Si](C)(C)OCCC#[C][Sn].[B].[U].[U].[U]. The average Bonchev–Trinajstić information content (AvgIpc) is 1.96. The molecule has 0 N–H and O–H groups in total. The van der Waals surface area contributed by atoms with Crippen LogP contribution in [0.15, 0.2) is 0 Å². The van der Waals surface area contributed by atoms with E-state index in [4.69, 9.17) is 4.43 Å². The van der Waals surface area contributed by atoms with Gasteiger partial charge in [0, 0.05) is 102 Å². The first-order chi connectivity index (χ1) is 5.81. The zero-order valence-electron chi connectivity index (χ0n) is 11.4. The topological polar surface area (TPSA) is 9.23 Å². The van der Waals surface area contributed by atoms with Crippen LogP contribution in [0.5, 0.6) is 0 Å². The zero-order valence-corrected chi connectivity index (χ0v) is 27.7. The Morgan fingerprint density at radius 2 is 1.53 bits per heavy atom. The van der Waals surface area contributed by atoms with Crippen LogP contribution in [-0.2, 0) is 4.43 Å². The Kier molecular flexibility index (Phi) is 31.0. The molecular formula is C10H19BOSiSnU3. The minimum atomic E-state index is -1.52. The van der Waals surface area contributed by atoms with Crippen LogP contribution in [0, 0.1) is 103 Å². The summed E-state index contributed by atoms with van der Waals surface area (Å²) in [7, 11) is -1.52. The molecular weight excluding hydrogens is 1010 g/mol. The van der Waals surface area contributed by atoms with E-state index < -0.39 is 8.32 Å². The largest absolute Gasteiger partial charge is 0 e. The van der Waals surface area contributed by atoms with Gasteiger partial charge in [-0.15, -0.1) is 0 Å². The molecule has 7 heteroatoms. The van der Waals surface area contributed by atoms with Crippen molar-refractivity contribution in [3.63, 3.8) is 0 Å². The van der Waals surface area contributed by atoms with Gasteiger partial charge in [0.2, 0.25) is 0 Å². The third-order valence-electron chi connectivity index (χ3n) is 2.58. The third-order valence-corrected chi connectivity index (χ3v) is 7.63. The molecule has 0 aliphatic rings. The van der Waals surface area contributed by atoms with Crippen molar-refractivity contribution in [3.8, 4) is 9.86 Å². The van der Waals surface area contributed by atoms with Gasteiger partial charge < -0.3 is 0 Å². The average molecular weight is 1030 g/mol. The molecule has 17 heavy (non-hydrogen) atoms. The van der Waals surface area contributed by atoms with E-state index in [2.05, 4.69) is 43.7 Å². The Morgan fingerprint density at radius 3 is 1.82 bits per heavy atom. The molecule has 0 bridgehead atoms. The van der Waals surface area contributed by atoms with Crippen molar-refractivity contribution >= 4 is 39.3 Å². The monoisotopic (exact) mass is 1030 g/mol. The van der Waals surface area contributed by atoms with Gasteiger partial charge in [0.15, 0.2) is 0 Å². The standard InChI is InChI=1S/C10H19OSi.B.Sn.3U/c1-7-8-9-11-12(5,6)10(2,3)4;;;;;/h8-9H2,2-6H3;;;;;. The number of hydrogen-bond donors (Lipinski definition) is 0. The second-order valence-corrected chi connectivity index (χ2v) is 10.2. The van der Waals surface area contributed by atoms with Crippen LogP contribution >= 0.6 is 0 Å². The maximum atomic E-state index is 5.94. The molecule has 0 atom stereocenters. The minimum absolute atomic E-state index is 0. The fourth-order valence-corrected chi connectivity index (χ4v) is 2.04. The molecule has 0 aromatic carbocycles. The Hall–Kier alpha value is 3.76. The van der Waals surface area contributed by atoms with E-state index >= 15 is 0 Å². The van der Waals surface area contributed by atoms with Crippen LogP contribution in [0.25, 0.3) is 0 Å². The van der Waals surface area contributed by atoms with Crippen LogP contribution in [0.1, 0.15) is 27.2 Å². The minimum Gasteiger partial charge on any atom is 0 e. The van der Waals surface area contributed by atoms with E-state index in [1.807, 2.05) is 0 Å². The van der Waals surface area contributed by atoms with Crippen LogP contribution in [0.2, 0.25) is 18.1 Å². The quantitative estimate of drug-likeness (QED) is 0.240. The third kappa shape index (κ3) is 16.0. The summed E-state index contributed by atoms with van der Waals surface area (Å²) < 4.78 is 8.91. The van der Waals surface area contributed by atoms with E-state index in [1.54, 1.807) is 0 Å². The molecule has 0 fully saturated rings. The van der Waals surface area contributed by atoms with Crippen molar-refractivity contribution in [2.45, 2.75) is 45.3 Å². The van der Waals surface area contributed by atoms with Gasteiger partial charge >= 0.3 is 97.1 Å². The summed E-state index contributed by atoms with van der Waals surface area (Å²) in [5.74, 6) is 3.06. The number of hydrogen-bond acceptors (Lipinski definition) is 1. The van der Waals surface area contributed by atoms with Crippen molar-refractivity contribution < 1.29 is 97.8 Å². The fourth-order valence-electron chi connectivity index (χ4n) is 0.636. The van der Waals surface area contributed by atoms with E-state index in [1.165, 1.54) is 22.5 Å². The fraction of sp³-hybridized carbons (Fsp3) is 0.800. The first-order valence-corrected chi connectivity index (χ1v) is 8.93. The summed E-state index contributed by atoms with van der Waals surface area (Å²) >= 11 is 1.29. The van der Waals surface area contributed by atoms with Gasteiger partial charge in [0.05, 0.1) is 0 Å². The molecule has 0 aromatic heterocycles. The van der Waals surface area contributed by atoms with E-state index in [-0.39, 0.29) is 102 Å². The first kappa shape index (κ1) is 32.6. The molecule has 88 valence electrons. The van der Waals surface area contributed by atoms with E-state index in [9.17, 15) is 0 Å². The van der Waals surface area contributed by atoms with Crippen molar-refractivity contribution in [1.29, 1.82) is 0 Å². The molecule has 0 amide bonds. The number of rotatable bonds is 3. The maximum Gasteiger partial charge on any atom is 0 e. The second kappa shape index (κ2) is 16.1. The smallest absolute Gasteiger partial charge is 0 e. The van der Waals surface area contributed by atoms with E-state index in [0.29, 0.717) is 5.04 Å². The summed E-state index contributed by atoms with van der Waals surface area (Å²) in [4.78, 5) is 0. The molecule has 0 heterocycles. The Labute approximate surface area is 195 Å².